The molecule has 5 N–H and O–H groups in total. The van der Waals surface area contributed by atoms with Gasteiger partial charge in [-0.25, -0.2) is 8.78 Å². The average molecular weight is 624 g/mol. The lowest BCUT2D eigenvalue weighted by molar-refractivity contribution is -0.257. The van der Waals surface area contributed by atoms with Gasteiger partial charge in [0.05, 0.1) is 18.8 Å². The quantitative estimate of drug-likeness (QED) is 0.351. The molecular weight excluding hydrogens is 584 g/mol. The molecule has 1 unspecified atom stereocenters. The summed E-state index contributed by atoms with van der Waals surface area (Å²) in [4.78, 5) is 12.1. The highest BCUT2D eigenvalue weighted by atomic mass is 19.1. The van der Waals surface area contributed by atoms with E-state index in [9.17, 15) is 20.1 Å². The number of anilines is 1. The highest BCUT2D eigenvalue weighted by molar-refractivity contribution is 6.01. The Morgan fingerprint density at radius 3 is 2.60 bits per heavy atom. The summed E-state index contributed by atoms with van der Waals surface area (Å²) in [6.45, 7) is 3.05. The van der Waals surface area contributed by atoms with Gasteiger partial charge in [0.1, 0.15) is 30.2 Å². The Hall–Kier alpha value is -3.15. The van der Waals surface area contributed by atoms with E-state index in [-0.39, 0.29) is 24.8 Å². The van der Waals surface area contributed by atoms with Crippen LogP contribution < -0.4 is 10.5 Å². The van der Waals surface area contributed by atoms with Crippen molar-refractivity contribution in [3.8, 4) is 5.75 Å². The van der Waals surface area contributed by atoms with E-state index >= 15 is 8.78 Å². The van der Waals surface area contributed by atoms with Crippen molar-refractivity contribution in [1.29, 1.82) is 0 Å². The Morgan fingerprint density at radius 2 is 1.89 bits per heavy atom. The number of carbonyl (C=O) groups is 1. The summed E-state index contributed by atoms with van der Waals surface area (Å²) in [5.74, 6) is -1.30. The summed E-state index contributed by atoms with van der Waals surface area (Å²) in [6.07, 6.45) is -2.55. The lowest BCUT2D eigenvalue weighted by Gasteiger charge is -2.63. The monoisotopic (exact) mass is 623 g/mol. The lowest BCUT2D eigenvalue weighted by atomic mass is 9.44. The maximum Gasteiger partial charge on any atom is 0.185 e. The van der Waals surface area contributed by atoms with E-state index in [0.29, 0.717) is 23.6 Å². The van der Waals surface area contributed by atoms with E-state index in [0.717, 1.165) is 11.6 Å². The topological polar surface area (TPSA) is 131 Å². The van der Waals surface area contributed by atoms with Gasteiger partial charge in [-0.15, -0.1) is 0 Å². The molecule has 0 radical (unpaired) electrons. The van der Waals surface area contributed by atoms with Crippen molar-refractivity contribution in [2.75, 3.05) is 12.3 Å². The number of ketones is 1. The van der Waals surface area contributed by atoms with Gasteiger partial charge >= 0.3 is 0 Å². The van der Waals surface area contributed by atoms with Crippen LogP contribution in [0.15, 0.2) is 72.3 Å². The first-order chi connectivity index (χ1) is 21.4. The highest BCUT2D eigenvalue weighted by Gasteiger charge is 2.79. The van der Waals surface area contributed by atoms with Crippen molar-refractivity contribution >= 4 is 11.5 Å². The zero-order valence-electron chi connectivity index (χ0n) is 25.2. The van der Waals surface area contributed by atoms with Gasteiger partial charge in [0.2, 0.25) is 0 Å². The van der Waals surface area contributed by atoms with Crippen LogP contribution in [0.3, 0.4) is 0 Å². The Morgan fingerprint density at radius 1 is 1.13 bits per heavy atom. The zero-order valence-corrected chi connectivity index (χ0v) is 25.2. The van der Waals surface area contributed by atoms with Crippen molar-refractivity contribution in [3.63, 3.8) is 0 Å². The minimum absolute atomic E-state index is 0.0487. The molecule has 2 aromatic carbocycles. The molecule has 4 aliphatic carbocycles. The normalized spacial score (nSPS) is 42.3. The Balaban J connectivity index is 1.17. The first-order valence-electron chi connectivity index (χ1n) is 15.5. The van der Waals surface area contributed by atoms with E-state index in [1.807, 2.05) is 25.1 Å². The second kappa shape index (κ2) is 10.4. The Bertz CT molecular complexity index is 1570. The molecule has 1 saturated heterocycles. The molecule has 7 rings (SSSR count). The number of allylic oxidation sites excluding steroid dienone is 4. The molecule has 2 aromatic rings. The number of nitrogen functional groups attached to an aromatic ring is 1. The summed E-state index contributed by atoms with van der Waals surface area (Å²) in [5.41, 5.74) is 1.76. The van der Waals surface area contributed by atoms with E-state index < -0.39 is 77.1 Å². The SMILES string of the molecule is C[C@]12C=CC(=O)C=C1[C@@H](F)C[C@H]1[C@@H]3C[C@H]4O[C@H](c5ccc(OCc6cccc(N)c6)cc5)O[C@@]4(C(O)CO)[C@@]3(C)C[C@H](O)[C@@]12F. The van der Waals surface area contributed by atoms with Crippen LogP contribution in [0.5, 0.6) is 5.75 Å². The highest BCUT2D eigenvalue weighted by Crippen LogP contribution is 2.73. The molecule has 11 atom stereocenters. The van der Waals surface area contributed by atoms with Gasteiger partial charge in [0, 0.05) is 28.0 Å². The number of benzene rings is 2. The molecule has 3 saturated carbocycles. The number of carbonyl (C=O) groups excluding carboxylic acids is 1. The summed E-state index contributed by atoms with van der Waals surface area (Å²) < 4.78 is 52.3. The molecule has 0 amide bonds. The van der Waals surface area contributed by atoms with Gasteiger partial charge in [0.25, 0.3) is 0 Å². The van der Waals surface area contributed by atoms with Crippen LogP contribution in [0.25, 0.3) is 0 Å². The fourth-order valence-corrected chi connectivity index (χ4v) is 9.46. The van der Waals surface area contributed by atoms with Crippen LogP contribution >= 0.6 is 0 Å². The second-order valence-corrected chi connectivity index (χ2v) is 13.8. The van der Waals surface area contributed by atoms with Gasteiger partial charge in [-0.2, -0.15) is 0 Å². The molecule has 8 nitrogen and oxygen atoms in total. The fraction of sp³-hybridized carbons (Fsp3) is 0.514. The molecule has 5 aliphatic rings. The zero-order chi connectivity index (χ0) is 31.9. The maximum atomic E-state index is 17.6. The van der Waals surface area contributed by atoms with Crippen molar-refractivity contribution in [1.82, 2.24) is 0 Å². The van der Waals surface area contributed by atoms with Gasteiger partial charge < -0.3 is 35.3 Å². The maximum absolute atomic E-state index is 17.6. The average Bonchev–Trinajstić information content (AvgIpc) is 3.52. The smallest absolute Gasteiger partial charge is 0.185 e. The van der Waals surface area contributed by atoms with Crippen molar-refractivity contribution in [2.24, 2.45) is 22.7 Å². The predicted molar refractivity (Wildman–Crippen MR) is 160 cm³/mol. The van der Waals surface area contributed by atoms with Gasteiger partial charge in [-0.05, 0) is 79.7 Å². The summed E-state index contributed by atoms with van der Waals surface area (Å²) in [7, 11) is 0. The summed E-state index contributed by atoms with van der Waals surface area (Å²) in [5, 5.41) is 33.3. The van der Waals surface area contributed by atoms with Crippen LogP contribution in [0.4, 0.5) is 14.5 Å². The molecule has 0 spiro atoms. The van der Waals surface area contributed by atoms with Gasteiger partial charge in [-0.1, -0.05) is 37.3 Å². The molecule has 240 valence electrons. The predicted octanol–water partition coefficient (Wildman–Crippen LogP) is 4.28. The third-order valence-corrected chi connectivity index (χ3v) is 11.6. The molecule has 0 aromatic heterocycles. The third kappa shape index (κ3) is 4.15. The number of aliphatic hydroxyl groups excluding tert-OH is 3. The minimum atomic E-state index is -2.27. The first kappa shape index (κ1) is 30.5. The molecule has 4 fully saturated rings. The summed E-state index contributed by atoms with van der Waals surface area (Å²) >= 11 is 0. The first-order valence-corrected chi connectivity index (χ1v) is 15.5. The standard InChI is InChI=1S/C35H39F2NO7/c1-32-11-10-22(40)13-26(32)27(36)14-25-24-15-30-35(29(42)17-39,33(24,2)16-28(41)34(25,32)37)45-31(44-30)20-6-8-23(9-7-20)43-18-19-4-3-5-21(38)12-19/h3-13,24-25,27-31,39,41-42H,14-18,38H2,1-2H3/t24-,25-,27-,28-,29?,30+,31-,32-,33-,34-,35+/m0/s1. The van der Waals surface area contributed by atoms with E-state index in [4.69, 9.17) is 19.9 Å². The van der Waals surface area contributed by atoms with Crippen LogP contribution in [-0.2, 0) is 20.9 Å². The number of halogens is 2. The van der Waals surface area contributed by atoms with E-state index in [1.165, 1.54) is 12.2 Å². The molecule has 0 bridgehead atoms. The molecule has 1 aliphatic heterocycles. The molecule has 10 heteroatoms. The second-order valence-electron chi connectivity index (χ2n) is 13.8. The Kier molecular flexibility index (Phi) is 7.07. The number of aliphatic hydroxyl groups is 3. The summed E-state index contributed by atoms with van der Waals surface area (Å²) in [6, 6.07) is 14.6. The van der Waals surface area contributed by atoms with Crippen molar-refractivity contribution in [3.05, 3.63) is 83.5 Å². The van der Waals surface area contributed by atoms with Crippen molar-refractivity contribution < 1.29 is 43.1 Å². The molecule has 45 heavy (non-hydrogen) atoms. The number of alkyl halides is 2. The number of rotatable bonds is 6. The van der Waals surface area contributed by atoms with E-state index in [2.05, 4.69) is 0 Å². The lowest BCUT2D eigenvalue weighted by Crippen LogP contribution is -2.71. The fourth-order valence-electron chi connectivity index (χ4n) is 9.46. The number of hydrogen-bond donors (Lipinski definition) is 4. The minimum Gasteiger partial charge on any atom is -0.489 e. The van der Waals surface area contributed by atoms with Gasteiger partial charge in [-0.3, -0.25) is 4.79 Å². The Labute approximate surface area is 260 Å². The van der Waals surface area contributed by atoms with Crippen LogP contribution in [0.2, 0.25) is 0 Å². The number of nitrogens with two attached hydrogens (primary N) is 1. The number of ether oxygens (including phenoxy) is 3. The largest absolute Gasteiger partial charge is 0.489 e. The van der Waals surface area contributed by atoms with E-state index in [1.54, 1.807) is 37.3 Å². The number of fused-ring (bicyclic) bond motifs is 7. The third-order valence-electron chi connectivity index (χ3n) is 11.6. The molecular formula is C35H39F2NO7. The van der Waals surface area contributed by atoms with Crippen molar-refractivity contribution in [2.45, 2.75) is 81.8 Å². The van der Waals surface area contributed by atoms with Crippen LogP contribution in [0, 0.1) is 22.7 Å². The molecule has 1 heterocycles. The van der Waals surface area contributed by atoms with Crippen LogP contribution in [-0.4, -0.2) is 63.5 Å². The van der Waals surface area contributed by atoms with Crippen LogP contribution in [0.1, 0.15) is 50.5 Å². The van der Waals surface area contributed by atoms with Gasteiger partial charge in [0.15, 0.2) is 17.7 Å². The number of hydrogen-bond acceptors (Lipinski definition) is 8.